The van der Waals surface area contributed by atoms with Crippen molar-refractivity contribution in [2.24, 2.45) is 0 Å². The van der Waals surface area contributed by atoms with E-state index in [4.69, 9.17) is 9.51 Å². The molecule has 1 amide bonds. The quantitative estimate of drug-likeness (QED) is 0.605. The third-order valence-electron chi connectivity index (χ3n) is 6.23. The molecule has 0 radical (unpaired) electrons. The minimum absolute atomic E-state index is 0.0143. The van der Waals surface area contributed by atoms with E-state index >= 15 is 0 Å². The van der Waals surface area contributed by atoms with E-state index in [-0.39, 0.29) is 11.8 Å². The van der Waals surface area contributed by atoms with Gasteiger partial charge in [0.25, 0.3) is 5.91 Å². The van der Waals surface area contributed by atoms with Crippen molar-refractivity contribution in [3.8, 4) is 11.4 Å². The van der Waals surface area contributed by atoms with Crippen molar-refractivity contribution >= 4 is 11.9 Å². The number of aromatic nitrogens is 5. The van der Waals surface area contributed by atoms with E-state index in [1.807, 2.05) is 24.0 Å². The highest BCUT2D eigenvalue weighted by molar-refractivity contribution is 5.95. The van der Waals surface area contributed by atoms with Crippen molar-refractivity contribution in [1.82, 2.24) is 30.0 Å². The lowest BCUT2D eigenvalue weighted by Crippen LogP contribution is -2.39. The molecule has 0 aliphatic carbocycles. The third-order valence-corrected chi connectivity index (χ3v) is 6.23. The average Bonchev–Trinajstić information content (AvgIpc) is 3.57. The molecular formula is C23H27N7O2. The number of carbonyl (C=O) groups excluding carboxylic acids is 1. The van der Waals surface area contributed by atoms with Crippen LogP contribution >= 0.6 is 0 Å². The lowest BCUT2D eigenvalue weighted by atomic mass is 9.97. The zero-order valence-corrected chi connectivity index (χ0v) is 18.3. The minimum Gasteiger partial charge on any atom is -0.341 e. The Labute approximate surface area is 186 Å². The average molecular weight is 434 g/mol. The Hall–Kier alpha value is -3.36. The van der Waals surface area contributed by atoms with Gasteiger partial charge in [0.1, 0.15) is 0 Å². The molecule has 0 spiro atoms. The zero-order valence-electron chi connectivity index (χ0n) is 18.3. The van der Waals surface area contributed by atoms with Gasteiger partial charge in [0.2, 0.25) is 17.7 Å². The molecule has 5 heterocycles. The molecular weight excluding hydrogens is 406 g/mol. The molecule has 166 valence electrons. The smallest absolute Gasteiger partial charge is 0.257 e. The van der Waals surface area contributed by atoms with E-state index in [9.17, 15) is 4.79 Å². The maximum Gasteiger partial charge on any atom is 0.257 e. The monoisotopic (exact) mass is 433 g/mol. The minimum atomic E-state index is -0.0217. The Morgan fingerprint density at radius 3 is 2.81 bits per heavy atom. The number of rotatable bonds is 5. The molecule has 3 aromatic heterocycles. The lowest BCUT2D eigenvalue weighted by molar-refractivity contribution is 0.0693. The summed E-state index contributed by atoms with van der Waals surface area (Å²) in [6.45, 7) is 5.25. The zero-order chi connectivity index (χ0) is 21.9. The Morgan fingerprint density at radius 2 is 2.03 bits per heavy atom. The van der Waals surface area contributed by atoms with Gasteiger partial charge in [0.15, 0.2) is 0 Å². The molecule has 2 saturated heterocycles. The predicted octanol–water partition coefficient (Wildman–Crippen LogP) is 3.10. The number of anilines is 1. The fourth-order valence-corrected chi connectivity index (χ4v) is 4.47. The maximum atomic E-state index is 13.4. The molecule has 1 atom stereocenters. The summed E-state index contributed by atoms with van der Waals surface area (Å²) < 4.78 is 5.55. The van der Waals surface area contributed by atoms with Gasteiger partial charge in [0.05, 0.1) is 17.2 Å². The highest BCUT2D eigenvalue weighted by Gasteiger charge is 2.30. The van der Waals surface area contributed by atoms with Crippen LogP contribution in [-0.2, 0) is 6.42 Å². The van der Waals surface area contributed by atoms with Crippen molar-refractivity contribution in [2.75, 3.05) is 31.1 Å². The second kappa shape index (κ2) is 9.02. The summed E-state index contributed by atoms with van der Waals surface area (Å²) in [5, 5.41) is 4.11. The van der Waals surface area contributed by atoms with E-state index in [1.165, 1.54) is 12.8 Å². The fourth-order valence-electron chi connectivity index (χ4n) is 4.47. The van der Waals surface area contributed by atoms with Gasteiger partial charge in [-0.3, -0.25) is 9.78 Å². The molecule has 9 nitrogen and oxygen atoms in total. The summed E-state index contributed by atoms with van der Waals surface area (Å²) in [6.07, 6.45) is 9.94. The summed E-state index contributed by atoms with van der Waals surface area (Å²) in [4.78, 5) is 35.4. The van der Waals surface area contributed by atoms with Crippen LogP contribution in [0.3, 0.4) is 0 Å². The Morgan fingerprint density at radius 1 is 1.16 bits per heavy atom. The summed E-state index contributed by atoms with van der Waals surface area (Å²) in [5.74, 6) is 1.82. The summed E-state index contributed by atoms with van der Waals surface area (Å²) in [5.41, 5.74) is 2.22. The lowest BCUT2D eigenvalue weighted by Gasteiger charge is -2.31. The first-order chi connectivity index (χ1) is 15.7. The van der Waals surface area contributed by atoms with Gasteiger partial charge < -0.3 is 14.3 Å². The molecule has 0 N–H and O–H groups in total. The topological polar surface area (TPSA) is 101 Å². The molecule has 0 saturated carbocycles. The maximum absolute atomic E-state index is 13.4. The standard InChI is InChI=1S/C23H27N7O2/c1-2-19-18(14-25-23(26-19)29-10-3-4-11-29)22(31)30-12-6-8-17(15-30)21-27-20(28-32-21)16-7-5-9-24-13-16/h5,7,9,13-14,17H,2-4,6,8,10-12,15H2,1H3. The van der Waals surface area contributed by atoms with Gasteiger partial charge >= 0.3 is 0 Å². The van der Waals surface area contributed by atoms with Gasteiger partial charge in [-0.2, -0.15) is 4.98 Å². The van der Waals surface area contributed by atoms with Crippen LogP contribution in [0.2, 0.25) is 0 Å². The van der Waals surface area contributed by atoms with Gasteiger partial charge in [0, 0.05) is 50.3 Å². The molecule has 2 aliphatic rings. The van der Waals surface area contributed by atoms with Crippen LogP contribution < -0.4 is 4.90 Å². The largest absolute Gasteiger partial charge is 0.341 e. The van der Waals surface area contributed by atoms with Crippen molar-refractivity contribution in [3.05, 3.63) is 47.9 Å². The van der Waals surface area contributed by atoms with Crippen molar-refractivity contribution in [3.63, 3.8) is 0 Å². The first-order valence-corrected chi connectivity index (χ1v) is 11.4. The number of hydrogen-bond donors (Lipinski definition) is 0. The Bertz CT molecular complexity index is 1080. The van der Waals surface area contributed by atoms with Gasteiger partial charge in [-0.15, -0.1) is 0 Å². The van der Waals surface area contributed by atoms with Crippen LogP contribution in [0.1, 0.15) is 60.5 Å². The number of hydrogen-bond acceptors (Lipinski definition) is 8. The van der Waals surface area contributed by atoms with E-state index in [1.54, 1.807) is 18.6 Å². The number of piperidine rings is 1. The number of amides is 1. The first-order valence-electron chi connectivity index (χ1n) is 11.4. The van der Waals surface area contributed by atoms with E-state index < -0.39 is 0 Å². The number of nitrogens with zero attached hydrogens (tertiary/aromatic N) is 7. The first kappa shape index (κ1) is 20.5. The number of aryl methyl sites for hydroxylation is 1. The third kappa shape index (κ3) is 4.06. The number of likely N-dealkylation sites (tertiary alicyclic amines) is 1. The van der Waals surface area contributed by atoms with Gasteiger partial charge in [-0.25, -0.2) is 9.97 Å². The molecule has 0 aromatic carbocycles. The van der Waals surface area contributed by atoms with Crippen LogP contribution in [0, 0.1) is 0 Å². The normalized spacial score (nSPS) is 18.8. The van der Waals surface area contributed by atoms with Gasteiger partial charge in [-0.05, 0) is 44.2 Å². The van der Waals surface area contributed by atoms with Crippen molar-refractivity contribution in [1.29, 1.82) is 0 Å². The Balaban J connectivity index is 1.32. The SMILES string of the molecule is CCc1nc(N2CCCC2)ncc1C(=O)N1CCCC(c2nc(-c3cccnc3)no2)C1. The highest BCUT2D eigenvalue weighted by Crippen LogP contribution is 2.29. The van der Waals surface area contributed by atoms with Crippen LogP contribution in [0.4, 0.5) is 5.95 Å². The van der Waals surface area contributed by atoms with Crippen LogP contribution in [0.5, 0.6) is 0 Å². The van der Waals surface area contributed by atoms with Crippen molar-refractivity contribution < 1.29 is 9.32 Å². The molecule has 0 bridgehead atoms. The van der Waals surface area contributed by atoms with E-state index in [0.717, 1.165) is 43.1 Å². The molecule has 1 unspecified atom stereocenters. The van der Waals surface area contributed by atoms with Crippen LogP contribution in [0.15, 0.2) is 35.2 Å². The molecule has 3 aromatic rings. The van der Waals surface area contributed by atoms with E-state index in [0.29, 0.717) is 36.8 Å². The van der Waals surface area contributed by atoms with Crippen LogP contribution in [0.25, 0.3) is 11.4 Å². The molecule has 5 rings (SSSR count). The second-order valence-corrected chi connectivity index (χ2v) is 8.37. The van der Waals surface area contributed by atoms with Crippen LogP contribution in [-0.4, -0.2) is 62.1 Å². The predicted molar refractivity (Wildman–Crippen MR) is 118 cm³/mol. The Kier molecular flexibility index (Phi) is 5.79. The molecule has 2 fully saturated rings. The second-order valence-electron chi connectivity index (χ2n) is 8.37. The number of pyridine rings is 1. The highest BCUT2D eigenvalue weighted by atomic mass is 16.5. The summed E-state index contributed by atoms with van der Waals surface area (Å²) in [6, 6.07) is 3.74. The molecule has 9 heteroatoms. The molecule has 32 heavy (non-hydrogen) atoms. The summed E-state index contributed by atoms with van der Waals surface area (Å²) >= 11 is 0. The fraction of sp³-hybridized carbons (Fsp3) is 0.478. The van der Waals surface area contributed by atoms with E-state index in [2.05, 4.69) is 25.0 Å². The van der Waals surface area contributed by atoms with Gasteiger partial charge in [-0.1, -0.05) is 12.1 Å². The molecule has 2 aliphatic heterocycles. The van der Waals surface area contributed by atoms with Crippen molar-refractivity contribution in [2.45, 2.75) is 44.9 Å². The number of carbonyl (C=O) groups is 1. The summed E-state index contributed by atoms with van der Waals surface area (Å²) in [7, 11) is 0.